The lowest BCUT2D eigenvalue weighted by atomic mass is 10.1. The van der Waals surface area contributed by atoms with Gasteiger partial charge in [0.05, 0.1) is 10.5 Å². The fourth-order valence-corrected chi connectivity index (χ4v) is 3.83. The van der Waals surface area contributed by atoms with E-state index in [4.69, 9.17) is 17.3 Å². The predicted octanol–water partition coefficient (Wildman–Crippen LogP) is 3.21. The minimum atomic E-state index is -0.189. The molecule has 0 fully saturated rings. The zero-order valence-electron chi connectivity index (χ0n) is 14.4. The van der Waals surface area contributed by atoms with Gasteiger partial charge in [0.2, 0.25) is 5.95 Å². The monoisotopic (exact) mass is 382 g/mol. The first kappa shape index (κ1) is 16.4. The van der Waals surface area contributed by atoms with Crippen molar-refractivity contribution in [1.29, 1.82) is 0 Å². The molecule has 5 rings (SSSR count). The Morgan fingerprint density at radius 2 is 1.96 bits per heavy atom. The van der Waals surface area contributed by atoms with Crippen LogP contribution in [0.2, 0.25) is 5.02 Å². The van der Waals surface area contributed by atoms with Crippen LogP contribution in [0.3, 0.4) is 0 Å². The van der Waals surface area contributed by atoms with E-state index >= 15 is 0 Å². The summed E-state index contributed by atoms with van der Waals surface area (Å²) < 4.78 is 14.9. The van der Waals surface area contributed by atoms with Crippen LogP contribution < -0.4 is 5.73 Å². The fourth-order valence-electron chi connectivity index (χ4n) is 3.62. The lowest BCUT2D eigenvalue weighted by Gasteiger charge is -2.12. The summed E-state index contributed by atoms with van der Waals surface area (Å²) in [4.78, 5) is 11.3. The second-order valence-corrected chi connectivity index (χ2v) is 7.15. The molecule has 136 valence electrons. The molecular formula is C19H16ClFN6. The molecule has 0 aliphatic carbocycles. The Hall–Kier alpha value is -2.77. The minimum absolute atomic E-state index is 0.189. The summed E-state index contributed by atoms with van der Waals surface area (Å²) in [5.41, 5.74) is 9.54. The molecule has 0 atom stereocenters. The van der Waals surface area contributed by atoms with E-state index < -0.39 is 0 Å². The number of fused-ring (bicyclic) bond motifs is 4. The van der Waals surface area contributed by atoms with Crippen LogP contribution in [-0.4, -0.2) is 31.0 Å². The van der Waals surface area contributed by atoms with Gasteiger partial charge in [-0.25, -0.2) is 14.4 Å². The number of para-hydroxylation sites is 1. The van der Waals surface area contributed by atoms with Gasteiger partial charge in [-0.3, -0.25) is 4.90 Å². The summed E-state index contributed by atoms with van der Waals surface area (Å²) in [5.74, 6) is 0.762. The fraction of sp³-hybridized carbons (Fsp3) is 0.211. The second kappa shape index (κ2) is 6.14. The molecule has 0 radical (unpaired) electrons. The number of benzene rings is 2. The van der Waals surface area contributed by atoms with Crippen LogP contribution in [0.5, 0.6) is 0 Å². The van der Waals surface area contributed by atoms with Crippen LogP contribution in [0.15, 0.2) is 36.4 Å². The molecule has 0 bridgehead atoms. The van der Waals surface area contributed by atoms with Gasteiger partial charge in [0, 0.05) is 31.4 Å². The van der Waals surface area contributed by atoms with Crippen molar-refractivity contribution in [3.63, 3.8) is 0 Å². The van der Waals surface area contributed by atoms with E-state index in [2.05, 4.69) is 20.0 Å². The summed E-state index contributed by atoms with van der Waals surface area (Å²) >= 11 is 6.23. The Balaban J connectivity index is 1.41. The highest BCUT2D eigenvalue weighted by molar-refractivity contribution is 6.35. The van der Waals surface area contributed by atoms with Crippen molar-refractivity contribution in [3.05, 3.63) is 64.2 Å². The summed E-state index contributed by atoms with van der Waals surface area (Å²) in [5, 5.41) is 5.86. The van der Waals surface area contributed by atoms with Crippen molar-refractivity contribution >= 4 is 34.1 Å². The van der Waals surface area contributed by atoms with E-state index in [0.29, 0.717) is 28.4 Å². The summed E-state index contributed by atoms with van der Waals surface area (Å²) in [6.07, 6.45) is 0.666. The molecule has 0 amide bonds. The topological polar surface area (TPSA) is 72.3 Å². The van der Waals surface area contributed by atoms with Crippen molar-refractivity contribution in [2.45, 2.75) is 19.5 Å². The molecule has 2 aromatic heterocycles. The number of anilines is 1. The number of hydrogen-bond acceptors (Lipinski definition) is 5. The lowest BCUT2D eigenvalue weighted by molar-refractivity contribution is 0.286. The highest BCUT2D eigenvalue weighted by Crippen LogP contribution is 2.26. The molecule has 27 heavy (non-hydrogen) atoms. The highest BCUT2D eigenvalue weighted by Gasteiger charge is 2.20. The minimum Gasteiger partial charge on any atom is -0.368 e. The Labute approximate surface area is 159 Å². The predicted molar refractivity (Wildman–Crippen MR) is 102 cm³/mol. The number of hydrogen-bond donors (Lipinski definition) is 1. The Kier molecular flexibility index (Phi) is 3.73. The molecule has 1 aliphatic heterocycles. The zero-order valence-corrected chi connectivity index (χ0v) is 15.1. The van der Waals surface area contributed by atoms with E-state index in [9.17, 15) is 4.39 Å². The van der Waals surface area contributed by atoms with Crippen molar-refractivity contribution in [2.24, 2.45) is 0 Å². The maximum atomic E-state index is 13.4. The van der Waals surface area contributed by atoms with Gasteiger partial charge in [-0.1, -0.05) is 23.7 Å². The Morgan fingerprint density at radius 1 is 1.11 bits per heavy atom. The molecule has 6 nitrogen and oxygen atoms in total. The maximum absolute atomic E-state index is 13.4. The van der Waals surface area contributed by atoms with E-state index in [0.717, 1.165) is 30.6 Å². The normalized spacial score (nSPS) is 14.3. The molecule has 0 saturated heterocycles. The van der Waals surface area contributed by atoms with Crippen LogP contribution in [-0.2, 0) is 19.5 Å². The molecule has 8 heteroatoms. The first-order chi connectivity index (χ1) is 13.1. The third-order valence-corrected chi connectivity index (χ3v) is 5.23. The third kappa shape index (κ3) is 2.79. The van der Waals surface area contributed by atoms with Gasteiger partial charge in [0.15, 0.2) is 11.5 Å². The van der Waals surface area contributed by atoms with Crippen LogP contribution in [0, 0.1) is 5.82 Å². The van der Waals surface area contributed by atoms with Crippen molar-refractivity contribution in [2.75, 3.05) is 12.3 Å². The number of halogens is 2. The maximum Gasteiger partial charge on any atom is 0.223 e. The molecule has 0 saturated carbocycles. The van der Waals surface area contributed by atoms with Crippen molar-refractivity contribution in [3.8, 4) is 0 Å². The smallest absolute Gasteiger partial charge is 0.223 e. The molecule has 0 spiro atoms. The number of rotatable bonds is 3. The van der Waals surface area contributed by atoms with Gasteiger partial charge in [-0.05, 0) is 35.4 Å². The van der Waals surface area contributed by atoms with Crippen molar-refractivity contribution in [1.82, 2.24) is 24.5 Å². The quantitative estimate of drug-likeness (QED) is 0.589. The number of aromatic nitrogens is 4. The Morgan fingerprint density at radius 3 is 2.85 bits per heavy atom. The van der Waals surface area contributed by atoms with Crippen LogP contribution in [0.1, 0.15) is 17.0 Å². The van der Waals surface area contributed by atoms with E-state index in [1.165, 1.54) is 11.6 Å². The van der Waals surface area contributed by atoms with E-state index in [-0.39, 0.29) is 11.8 Å². The van der Waals surface area contributed by atoms with E-state index in [1.807, 2.05) is 18.2 Å². The standard InChI is InChI=1S/C19H16ClFN6/c20-15-3-1-2-14-17(15)24-19(22)27-18(14)23-16(25-27)6-7-26-9-11-4-5-13(21)8-12(11)10-26/h1-5,8H,6-7,9-10H2,(H2,22,24). The Bertz CT molecular complexity index is 1190. The average Bonchev–Trinajstić information content (AvgIpc) is 3.25. The average molecular weight is 383 g/mol. The van der Waals surface area contributed by atoms with Gasteiger partial charge in [-0.15, -0.1) is 5.10 Å². The molecular weight excluding hydrogens is 367 g/mol. The van der Waals surface area contributed by atoms with E-state index in [1.54, 1.807) is 16.6 Å². The number of nitrogen functional groups attached to an aromatic ring is 1. The number of nitrogens with two attached hydrogens (primary N) is 1. The first-order valence-electron chi connectivity index (χ1n) is 8.67. The molecule has 0 unspecified atom stereocenters. The molecule has 4 aromatic rings. The van der Waals surface area contributed by atoms with Crippen LogP contribution in [0.4, 0.5) is 10.3 Å². The molecule has 2 N–H and O–H groups in total. The number of nitrogens with zero attached hydrogens (tertiary/aromatic N) is 5. The molecule has 1 aliphatic rings. The lowest BCUT2D eigenvalue weighted by Crippen LogP contribution is -2.19. The highest BCUT2D eigenvalue weighted by atomic mass is 35.5. The van der Waals surface area contributed by atoms with Gasteiger partial charge < -0.3 is 5.73 Å². The zero-order chi connectivity index (χ0) is 18.5. The van der Waals surface area contributed by atoms with Crippen LogP contribution in [0.25, 0.3) is 16.6 Å². The van der Waals surface area contributed by atoms with Gasteiger partial charge in [0.25, 0.3) is 0 Å². The molecule has 2 aromatic carbocycles. The SMILES string of the molecule is Nc1nc2c(Cl)cccc2c2nc(CCN3Cc4ccc(F)cc4C3)nn12. The summed E-state index contributed by atoms with van der Waals surface area (Å²) in [7, 11) is 0. The summed E-state index contributed by atoms with van der Waals surface area (Å²) in [6.45, 7) is 2.33. The van der Waals surface area contributed by atoms with Gasteiger partial charge in [0.1, 0.15) is 5.82 Å². The van der Waals surface area contributed by atoms with Gasteiger partial charge >= 0.3 is 0 Å². The van der Waals surface area contributed by atoms with Gasteiger partial charge in [-0.2, -0.15) is 4.52 Å². The third-order valence-electron chi connectivity index (χ3n) is 4.93. The largest absolute Gasteiger partial charge is 0.368 e. The summed E-state index contributed by atoms with van der Waals surface area (Å²) in [6, 6.07) is 10.5. The van der Waals surface area contributed by atoms with Crippen LogP contribution >= 0.6 is 11.6 Å². The second-order valence-electron chi connectivity index (χ2n) is 6.74. The van der Waals surface area contributed by atoms with Crippen molar-refractivity contribution < 1.29 is 4.39 Å². The first-order valence-corrected chi connectivity index (χ1v) is 9.05. The molecule has 3 heterocycles.